The summed E-state index contributed by atoms with van der Waals surface area (Å²) >= 11 is 0. The Kier molecular flexibility index (Phi) is 3.97. The van der Waals surface area contributed by atoms with E-state index in [2.05, 4.69) is 0 Å². The highest BCUT2D eigenvalue weighted by Gasteiger charge is 2.17. The highest BCUT2D eigenvalue weighted by atomic mass is 16.4. The molecule has 0 spiro atoms. The van der Waals surface area contributed by atoms with E-state index in [0.717, 1.165) is 36.8 Å². The summed E-state index contributed by atoms with van der Waals surface area (Å²) < 4.78 is 0. The number of carboxylic acid groups (broad SMARTS) is 1. The molecule has 0 saturated heterocycles. The van der Waals surface area contributed by atoms with E-state index in [1.807, 2.05) is 30.3 Å². The van der Waals surface area contributed by atoms with Crippen molar-refractivity contribution in [3.8, 4) is 0 Å². The maximum Gasteiger partial charge on any atom is 0.331 e. The average molecular weight is 230 g/mol. The minimum Gasteiger partial charge on any atom is -0.478 e. The van der Waals surface area contributed by atoms with Gasteiger partial charge in [0.1, 0.15) is 0 Å². The van der Waals surface area contributed by atoms with Gasteiger partial charge in [-0.2, -0.15) is 0 Å². The molecule has 2 heteroatoms. The summed E-state index contributed by atoms with van der Waals surface area (Å²) in [4.78, 5) is 11.3. The molecule has 0 saturated carbocycles. The Balaban J connectivity index is 2.41. The first kappa shape index (κ1) is 11.9. The fourth-order valence-corrected chi connectivity index (χ4v) is 2.45. The molecule has 2 nitrogen and oxygen atoms in total. The number of benzene rings is 1. The summed E-state index contributed by atoms with van der Waals surface area (Å²) in [6.07, 6.45) is 6.06. The van der Waals surface area contributed by atoms with Crippen molar-refractivity contribution in [1.29, 1.82) is 0 Å². The standard InChI is InChI=1S/C15H18O2/c16-15(17)14-11-7-2-1-6-10-13(14)12-8-4-3-5-9-12/h3-5,8-9H,1-2,6-7,10-11H2,(H,16,17)/b14-13-. The quantitative estimate of drug-likeness (QED) is 0.837. The Hall–Kier alpha value is -1.57. The van der Waals surface area contributed by atoms with Crippen LogP contribution in [0, 0.1) is 0 Å². The summed E-state index contributed by atoms with van der Waals surface area (Å²) in [5.41, 5.74) is 2.74. The third-order valence-corrected chi connectivity index (χ3v) is 3.35. The van der Waals surface area contributed by atoms with E-state index in [-0.39, 0.29) is 0 Å². The Bertz CT molecular complexity index is 418. The van der Waals surface area contributed by atoms with Crippen molar-refractivity contribution in [3.63, 3.8) is 0 Å². The lowest BCUT2D eigenvalue weighted by Gasteiger charge is -2.16. The lowest BCUT2D eigenvalue weighted by Crippen LogP contribution is -2.06. The third-order valence-electron chi connectivity index (χ3n) is 3.35. The van der Waals surface area contributed by atoms with Gasteiger partial charge < -0.3 is 5.11 Å². The fraction of sp³-hybridized carbons (Fsp3) is 0.400. The van der Waals surface area contributed by atoms with Gasteiger partial charge in [-0.15, -0.1) is 0 Å². The Morgan fingerprint density at radius 1 is 0.941 bits per heavy atom. The van der Waals surface area contributed by atoms with Crippen LogP contribution in [0.2, 0.25) is 0 Å². The SMILES string of the molecule is O=C(O)/C1=C(\c2ccccc2)CCCCCC1. The Labute approximate surface area is 102 Å². The second-order valence-electron chi connectivity index (χ2n) is 4.54. The van der Waals surface area contributed by atoms with Crippen LogP contribution < -0.4 is 0 Å². The largest absolute Gasteiger partial charge is 0.478 e. The van der Waals surface area contributed by atoms with Gasteiger partial charge >= 0.3 is 5.97 Å². The number of rotatable bonds is 2. The minimum absolute atomic E-state index is 0.621. The maximum absolute atomic E-state index is 11.3. The lowest BCUT2D eigenvalue weighted by atomic mass is 9.89. The van der Waals surface area contributed by atoms with Crippen LogP contribution in [-0.2, 0) is 4.79 Å². The topological polar surface area (TPSA) is 37.3 Å². The zero-order valence-corrected chi connectivity index (χ0v) is 9.98. The molecule has 0 radical (unpaired) electrons. The molecule has 0 fully saturated rings. The Morgan fingerprint density at radius 3 is 2.24 bits per heavy atom. The highest BCUT2D eigenvalue weighted by molar-refractivity contribution is 5.96. The van der Waals surface area contributed by atoms with Gasteiger partial charge in [0.15, 0.2) is 0 Å². The van der Waals surface area contributed by atoms with Crippen LogP contribution >= 0.6 is 0 Å². The zero-order chi connectivity index (χ0) is 12.1. The molecule has 1 aromatic carbocycles. The van der Waals surface area contributed by atoms with Gasteiger partial charge in [-0.25, -0.2) is 4.79 Å². The number of hydrogen-bond donors (Lipinski definition) is 1. The average Bonchev–Trinajstić information content (AvgIpc) is 2.29. The van der Waals surface area contributed by atoms with Crippen LogP contribution in [0.1, 0.15) is 44.1 Å². The van der Waals surface area contributed by atoms with Gasteiger partial charge in [-0.3, -0.25) is 0 Å². The van der Waals surface area contributed by atoms with Crippen molar-refractivity contribution in [2.75, 3.05) is 0 Å². The molecular formula is C15H18O2. The van der Waals surface area contributed by atoms with Gasteiger partial charge in [0.25, 0.3) is 0 Å². The van der Waals surface area contributed by atoms with Crippen LogP contribution in [0.4, 0.5) is 0 Å². The first-order chi connectivity index (χ1) is 8.29. The van der Waals surface area contributed by atoms with Crippen molar-refractivity contribution in [2.45, 2.75) is 38.5 Å². The van der Waals surface area contributed by atoms with E-state index in [0.29, 0.717) is 12.0 Å². The van der Waals surface area contributed by atoms with E-state index in [1.54, 1.807) is 0 Å². The maximum atomic E-state index is 11.3. The normalized spacial score (nSPS) is 21.6. The van der Waals surface area contributed by atoms with Gasteiger partial charge in [-0.05, 0) is 36.8 Å². The number of aliphatic carboxylic acids is 1. The number of hydrogen-bond acceptors (Lipinski definition) is 1. The fourth-order valence-electron chi connectivity index (χ4n) is 2.45. The van der Waals surface area contributed by atoms with E-state index in [1.165, 1.54) is 6.42 Å². The van der Waals surface area contributed by atoms with Crippen molar-refractivity contribution < 1.29 is 9.90 Å². The van der Waals surface area contributed by atoms with Crippen molar-refractivity contribution in [1.82, 2.24) is 0 Å². The third kappa shape index (κ3) is 2.96. The van der Waals surface area contributed by atoms with Gasteiger partial charge in [0, 0.05) is 5.57 Å². The van der Waals surface area contributed by atoms with Gasteiger partial charge in [0.2, 0.25) is 0 Å². The number of allylic oxidation sites excluding steroid dienone is 1. The molecule has 0 bridgehead atoms. The molecule has 1 N–H and O–H groups in total. The molecular weight excluding hydrogens is 212 g/mol. The predicted octanol–water partition coefficient (Wildman–Crippen LogP) is 3.88. The zero-order valence-electron chi connectivity index (χ0n) is 9.98. The first-order valence-electron chi connectivity index (χ1n) is 6.30. The molecule has 1 aliphatic rings. The lowest BCUT2D eigenvalue weighted by molar-refractivity contribution is -0.132. The molecule has 0 unspecified atom stereocenters. The first-order valence-corrected chi connectivity index (χ1v) is 6.30. The van der Waals surface area contributed by atoms with E-state index in [4.69, 9.17) is 0 Å². The van der Waals surface area contributed by atoms with Crippen LogP contribution in [0.15, 0.2) is 35.9 Å². The smallest absolute Gasteiger partial charge is 0.331 e. The molecule has 0 aromatic heterocycles. The van der Waals surface area contributed by atoms with Crippen LogP contribution in [-0.4, -0.2) is 11.1 Å². The van der Waals surface area contributed by atoms with E-state index >= 15 is 0 Å². The molecule has 0 aliphatic heterocycles. The summed E-state index contributed by atoms with van der Waals surface area (Å²) in [7, 11) is 0. The Morgan fingerprint density at radius 2 is 1.59 bits per heavy atom. The van der Waals surface area contributed by atoms with Crippen LogP contribution in [0.25, 0.3) is 5.57 Å². The summed E-state index contributed by atoms with van der Waals surface area (Å²) in [6, 6.07) is 9.94. The second kappa shape index (κ2) is 5.67. The number of carboxylic acids is 1. The molecule has 2 rings (SSSR count). The predicted molar refractivity (Wildman–Crippen MR) is 68.7 cm³/mol. The van der Waals surface area contributed by atoms with Crippen LogP contribution in [0.5, 0.6) is 0 Å². The monoisotopic (exact) mass is 230 g/mol. The molecule has 0 heterocycles. The minimum atomic E-state index is -0.745. The molecule has 0 amide bonds. The highest BCUT2D eigenvalue weighted by Crippen LogP contribution is 2.30. The van der Waals surface area contributed by atoms with E-state index in [9.17, 15) is 9.90 Å². The van der Waals surface area contributed by atoms with Crippen molar-refractivity contribution >= 4 is 11.5 Å². The van der Waals surface area contributed by atoms with Crippen molar-refractivity contribution in [2.24, 2.45) is 0 Å². The molecule has 17 heavy (non-hydrogen) atoms. The second-order valence-corrected chi connectivity index (χ2v) is 4.54. The molecule has 0 atom stereocenters. The van der Waals surface area contributed by atoms with Gasteiger partial charge in [-0.1, -0.05) is 43.2 Å². The summed E-state index contributed by atoms with van der Waals surface area (Å²) in [6.45, 7) is 0. The summed E-state index contributed by atoms with van der Waals surface area (Å²) in [5.74, 6) is -0.745. The van der Waals surface area contributed by atoms with E-state index < -0.39 is 5.97 Å². The molecule has 90 valence electrons. The molecule has 1 aliphatic carbocycles. The van der Waals surface area contributed by atoms with Crippen molar-refractivity contribution in [3.05, 3.63) is 41.5 Å². The summed E-state index contributed by atoms with van der Waals surface area (Å²) in [5, 5.41) is 9.33. The van der Waals surface area contributed by atoms with Crippen LogP contribution in [0.3, 0.4) is 0 Å². The van der Waals surface area contributed by atoms with Gasteiger partial charge in [0.05, 0.1) is 0 Å². The number of carbonyl (C=O) groups is 1. The molecule has 1 aromatic rings.